The number of anilines is 1. The van der Waals surface area contributed by atoms with Gasteiger partial charge in [0.15, 0.2) is 0 Å². The van der Waals surface area contributed by atoms with Gasteiger partial charge in [0.2, 0.25) is 0 Å². The average molecular weight is 242 g/mol. The van der Waals surface area contributed by atoms with E-state index in [1.165, 1.54) is 10.6 Å². The predicted molar refractivity (Wildman–Crippen MR) is 74.6 cm³/mol. The van der Waals surface area contributed by atoms with Crippen LogP contribution >= 0.6 is 0 Å². The molecular weight excluding hydrogens is 224 g/mol. The van der Waals surface area contributed by atoms with Crippen LogP contribution in [-0.4, -0.2) is 11.6 Å². The molecule has 18 heavy (non-hydrogen) atoms. The molecule has 0 aromatic heterocycles. The first-order chi connectivity index (χ1) is 8.69. The van der Waals surface area contributed by atoms with Gasteiger partial charge in [-0.2, -0.15) is 10.1 Å². The maximum Gasteiger partial charge on any atom is 0.280 e. The standard InChI is InChI=1S/C15H18N2O/c1-4-12(5-2)14-11(3)16-17(15(14)18)13-9-7-6-8-10-13/h6-10H,4-5H2,1-3H3. The van der Waals surface area contributed by atoms with E-state index in [0.29, 0.717) is 0 Å². The molecule has 0 fully saturated rings. The number of amides is 1. The van der Waals surface area contributed by atoms with E-state index < -0.39 is 0 Å². The van der Waals surface area contributed by atoms with Gasteiger partial charge >= 0.3 is 0 Å². The van der Waals surface area contributed by atoms with Crippen molar-refractivity contribution in [2.45, 2.75) is 33.6 Å². The van der Waals surface area contributed by atoms with Crippen LogP contribution in [0.3, 0.4) is 0 Å². The molecule has 1 amide bonds. The second kappa shape index (κ2) is 5.17. The summed E-state index contributed by atoms with van der Waals surface area (Å²) in [6, 6.07) is 9.55. The number of para-hydroxylation sites is 1. The quantitative estimate of drug-likeness (QED) is 0.746. The lowest BCUT2D eigenvalue weighted by atomic mass is 10.00. The van der Waals surface area contributed by atoms with Gasteiger partial charge in [0.1, 0.15) is 0 Å². The summed E-state index contributed by atoms with van der Waals surface area (Å²) >= 11 is 0. The van der Waals surface area contributed by atoms with Crippen molar-refractivity contribution in [2.24, 2.45) is 5.10 Å². The topological polar surface area (TPSA) is 32.7 Å². The van der Waals surface area contributed by atoms with Crippen LogP contribution < -0.4 is 5.01 Å². The lowest BCUT2D eigenvalue weighted by Gasteiger charge is -2.12. The first-order valence-electron chi connectivity index (χ1n) is 6.36. The maximum absolute atomic E-state index is 12.4. The lowest BCUT2D eigenvalue weighted by Crippen LogP contribution is -2.22. The van der Waals surface area contributed by atoms with Crippen molar-refractivity contribution in [3.63, 3.8) is 0 Å². The Morgan fingerprint density at radius 3 is 2.33 bits per heavy atom. The van der Waals surface area contributed by atoms with E-state index in [1.807, 2.05) is 37.3 Å². The molecule has 0 aliphatic carbocycles. The third kappa shape index (κ3) is 2.08. The number of hydrogen-bond donors (Lipinski definition) is 0. The summed E-state index contributed by atoms with van der Waals surface area (Å²) in [5, 5.41) is 5.88. The van der Waals surface area contributed by atoms with Gasteiger partial charge in [0, 0.05) is 0 Å². The summed E-state index contributed by atoms with van der Waals surface area (Å²) in [7, 11) is 0. The molecule has 0 saturated carbocycles. The molecule has 0 unspecified atom stereocenters. The van der Waals surface area contributed by atoms with Crippen molar-refractivity contribution in [1.29, 1.82) is 0 Å². The Kier molecular flexibility index (Phi) is 3.60. The Labute approximate surface area is 108 Å². The number of carbonyl (C=O) groups excluding carboxylic acids is 1. The first kappa shape index (κ1) is 12.6. The van der Waals surface area contributed by atoms with Crippen LogP contribution in [0.2, 0.25) is 0 Å². The van der Waals surface area contributed by atoms with Crippen molar-refractivity contribution in [3.8, 4) is 0 Å². The van der Waals surface area contributed by atoms with Crippen molar-refractivity contribution < 1.29 is 4.79 Å². The van der Waals surface area contributed by atoms with E-state index in [1.54, 1.807) is 0 Å². The molecule has 94 valence electrons. The number of benzene rings is 1. The Morgan fingerprint density at radius 2 is 1.78 bits per heavy atom. The third-order valence-corrected chi connectivity index (χ3v) is 3.23. The van der Waals surface area contributed by atoms with Gasteiger partial charge in [-0.25, -0.2) is 0 Å². The summed E-state index contributed by atoms with van der Waals surface area (Å²) < 4.78 is 0. The number of allylic oxidation sites excluding steroid dienone is 1. The molecule has 0 spiro atoms. The smallest absolute Gasteiger partial charge is 0.267 e. The van der Waals surface area contributed by atoms with Crippen LogP contribution in [-0.2, 0) is 4.79 Å². The van der Waals surface area contributed by atoms with Gasteiger partial charge < -0.3 is 0 Å². The number of hydrogen-bond acceptors (Lipinski definition) is 2. The van der Waals surface area contributed by atoms with Crippen molar-refractivity contribution in [2.75, 3.05) is 5.01 Å². The third-order valence-electron chi connectivity index (χ3n) is 3.23. The molecule has 3 nitrogen and oxygen atoms in total. The fourth-order valence-corrected chi connectivity index (χ4v) is 2.26. The molecule has 1 aliphatic heterocycles. The summed E-state index contributed by atoms with van der Waals surface area (Å²) in [5.41, 5.74) is 3.62. The zero-order valence-electron chi connectivity index (χ0n) is 11.1. The minimum absolute atomic E-state index is 0.00241. The molecule has 0 N–H and O–H groups in total. The monoisotopic (exact) mass is 242 g/mol. The van der Waals surface area contributed by atoms with Crippen LogP contribution in [0, 0.1) is 0 Å². The van der Waals surface area contributed by atoms with E-state index in [0.717, 1.165) is 29.8 Å². The normalized spacial score (nSPS) is 15.1. The minimum atomic E-state index is -0.00241. The molecule has 0 bridgehead atoms. The fourth-order valence-electron chi connectivity index (χ4n) is 2.26. The largest absolute Gasteiger partial charge is 0.280 e. The number of carbonyl (C=O) groups is 1. The molecule has 0 saturated heterocycles. The van der Waals surface area contributed by atoms with Crippen LogP contribution in [0.25, 0.3) is 0 Å². The fraction of sp³-hybridized carbons (Fsp3) is 0.333. The van der Waals surface area contributed by atoms with Crippen LogP contribution in [0.1, 0.15) is 33.6 Å². The van der Waals surface area contributed by atoms with Gasteiger partial charge in [-0.1, -0.05) is 37.6 Å². The summed E-state index contributed by atoms with van der Waals surface area (Å²) in [6.45, 7) is 6.07. The Balaban J connectivity index is 2.42. The molecule has 1 heterocycles. The number of hydrazone groups is 1. The van der Waals surface area contributed by atoms with Crippen LogP contribution in [0.4, 0.5) is 5.69 Å². The number of rotatable bonds is 3. The molecule has 0 radical (unpaired) electrons. The molecule has 1 aliphatic rings. The highest BCUT2D eigenvalue weighted by Gasteiger charge is 2.30. The van der Waals surface area contributed by atoms with Crippen LogP contribution in [0.15, 0.2) is 46.6 Å². The van der Waals surface area contributed by atoms with Gasteiger partial charge in [-0.05, 0) is 31.9 Å². The highest BCUT2D eigenvalue weighted by atomic mass is 16.2. The molecular formula is C15H18N2O. The molecule has 1 aromatic rings. The highest BCUT2D eigenvalue weighted by Crippen LogP contribution is 2.26. The van der Waals surface area contributed by atoms with Gasteiger partial charge in [0.05, 0.1) is 17.0 Å². The van der Waals surface area contributed by atoms with E-state index >= 15 is 0 Å². The van der Waals surface area contributed by atoms with E-state index in [4.69, 9.17) is 0 Å². The Bertz CT molecular complexity index is 509. The predicted octanol–water partition coefficient (Wildman–Crippen LogP) is 3.53. The van der Waals surface area contributed by atoms with Gasteiger partial charge in [-0.3, -0.25) is 4.79 Å². The summed E-state index contributed by atoms with van der Waals surface area (Å²) in [6.07, 6.45) is 1.79. The summed E-state index contributed by atoms with van der Waals surface area (Å²) in [5.74, 6) is -0.00241. The Morgan fingerprint density at radius 1 is 1.17 bits per heavy atom. The minimum Gasteiger partial charge on any atom is -0.267 e. The number of nitrogens with zero attached hydrogens (tertiary/aromatic N) is 2. The average Bonchev–Trinajstić information content (AvgIpc) is 2.69. The summed E-state index contributed by atoms with van der Waals surface area (Å²) in [4.78, 5) is 12.4. The van der Waals surface area contributed by atoms with Crippen molar-refractivity contribution in [3.05, 3.63) is 41.5 Å². The lowest BCUT2D eigenvalue weighted by molar-refractivity contribution is -0.114. The van der Waals surface area contributed by atoms with E-state index in [2.05, 4.69) is 18.9 Å². The zero-order valence-corrected chi connectivity index (χ0v) is 11.1. The first-order valence-corrected chi connectivity index (χ1v) is 6.36. The maximum atomic E-state index is 12.4. The molecule has 1 aromatic carbocycles. The van der Waals surface area contributed by atoms with Crippen molar-refractivity contribution >= 4 is 17.3 Å². The Hall–Kier alpha value is -1.90. The molecule has 3 heteroatoms. The zero-order chi connectivity index (χ0) is 13.1. The van der Waals surface area contributed by atoms with E-state index in [-0.39, 0.29) is 5.91 Å². The molecule has 0 atom stereocenters. The van der Waals surface area contributed by atoms with Crippen LogP contribution in [0.5, 0.6) is 0 Å². The van der Waals surface area contributed by atoms with Gasteiger partial charge in [0.25, 0.3) is 5.91 Å². The molecule has 2 rings (SSSR count). The van der Waals surface area contributed by atoms with Crippen molar-refractivity contribution in [1.82, 2.24) is 0 Å². The second-order valence-corrected chi connectivity index (χ2v) is 4.32. The van der Waals surface area contributed by atoms with E-state index in [9.17, 15) is 4.79 Å². The highest BCUT2D eigenvalue weighted by molar-refractivity contribution is 6.30. The SMILES string of the molecule is CCC(CC)=C1C(=O)N(c2ccccc2)N=C1C. The second-order valence-electron chi connectivity index (χ2n) is 4.32. The van der Waals surface area contributed by atoms with Gasteiger partial charge in [-0.15, -0.1) is 0 Å².